The van der Waals surface area contributed by atoms with Crippen LogP contribution in [-0.4, -0.2) is 35.9 Å². The smallest absolute Gasteiger partial charge is 0.323 e. The third kappa shape index (κ3) is 6.13. The number of allylic oxidation sites excluding steroid dienone is 1. The lowest BCUT2D eigenvalue weighted by Gasteiger charge is -2.19. The molecule has 0 aliphatic rings. The van der Waals surface area contributed by atoms with E-state index in [2.05, 4.69) is 5.32 Å². The van der Waals surface area contributed by atoms with Crippen molar-refractivity contribution in [1.82, 2.24) is 5.32 Å². The van der Waals surface area contributed by atoms with E-state index in [9.17, 15) is 9.18 Å². The van der Waals surface area contributed by atoms with Crippen LogP contribution in [-0.2, 0) is 4.79 Å². The molecule has 6 heteroatoms. The Morgan fingerprint density at radius 1 is 1.65 bits per heavy atom. The first-order chi connectivity index (χ1) is 7.81. The lowest BCUT2D eigenvalue weighted by atomic mass is 9.94. The molecule has 5 nitrogen and oxygen atoms in total. The Morgan fingerprint density at radius 2 is 2.24 bits per heavy atom. The molecule has 5 N–H and O–H groups in total. The summed E-state index contributed by atoms with van der Waals surface area (Å²) in [7, 11) is 0. The van der Waals surface area contributed by atoms with E-state index in [1.165, 1.54) is 6.92 Å². The number of halogens is 1. The van der Waals surface area contributed by atoms with E-state index in [1.54, 1.807) is 6.92 Å². The second kappa shape index (κ2) is 7.13. The number of nitrogens with one attached hydrogen (secondary N) is 2. The average Bonchev–Trinajstić information content (AvgIpc) is 2.26. The van der Waals surface area contributed by atoms with Crippen LogP contribution in [0.3, 0.4) is 0 Å². The number of carboxylic acid groups (broad SMARTS) is 1. The van der Waals surface area contributed by atoms with E-state index < -0.39 is 11.5 Å². The molecule has 0 aromatic rings. The topological polar surface area (TPSA) is 99.2 Å². The zero-order chi connectivity index (χ0) is 13.5. The fourth-order valence-corrected chi connectivity index (χ4v) is 1.09. The quantitative estimate of drug-likeness (QED) is 0.379. The summed E-state index contributed by atoms with van der Waals surface area (Å²) in [5, 5.41) is 18.3. The monoisotopic (exact) mass is 245 g/mol. The number of carboxylic acids is 1. The molecule has 98 valence electrons. The standard InChI is InChI=1S/C11H20FN3O2/c1-8(9(12)7-15-6-5-13)3-4-11(2,14)10(16)17/h5,13,15H,3-4,6-7,14H2,1-2H3,(H,16,17)/b9-8+,13-5?/t11-/m0/s1. The Kier molecular flexibility index (Phi) is 6.60. The van der Waals surface area contributed by atoms with Crippen molar-refractivity contribution in [3.8, 4) is 0 Å². The minimum Gasteiger partial charge on any atom is -0.480 e. The molecule has 0 unspecified atom stereocenters. The van der Waals surface area contributed by atoms with Gasteiger partial charge in [-0.1, -0.05) is 0 Å². The molecule has 0 saturated carbocycles. The van der Waals surface area contributed by atoms with Gasteiger partial charge in [0.2, 0.25) is 0 Å². The molecule has 0 aliphatic carbocycles. The first kappa shape index (κ1) is 15.7. The highest BCUT2D eigenvalue weighted by Crippen LogP contribution is 2.17. The van der Waals surface area contributed by atoms with Gasteiger partial charge < -0.3 is 21.6 Å². The first-order valence-electron chi connectivity index (χ1n) is 5.37. The van der Waals surface area contributed by atoms with E-state index >= 15 is 0 Å². The molecular weight excluding hydrogens is 225 g/mol. The van der Waals surface area contributed by atoms with E-state index in [-0.39, 0.29) is 18.8 Å². The van der Waals surface area contributed by atoms with Crippen LogP contribution in [0, 0.1) is 5.41 Å². The van der Waals surface area contributed by atoms with Crippen LogP contribution >= 0.6 is 0 Å². The van der Waals surface area contributed by atoms with Crippen molar-refractivity contribution in [3.05, 3.63) is 11.4 Å². The van der Waals surface area contributed by atoms with Crippen LogP contribution < -0.4 is 11.1 Å². The fraction of sp³-hybridized carbons (Fsp3) is 0.636. The number of hydrogen-bond acceptors (Lipinski definition) is 4. The second-order valence-electron chi connectivity index (χ2n) is 4.24. The highest BCUT2D eigenvalue weighted by molar-refractivity contribution is 5.77. The van der Waals surface area contributed by atoms with Gasteiger partial charge in [0, 0.05) is 19.3 Å². The normalized spacial score (nSPS) is 16.0. The number of hydrogen-bond donors (Lipinski definition) is 4. The Balaban J connectivity index is 4.23. The van der Waals surface area contributed by atoms with E-state index in [0.29, 0.717) is 18.5 Å². The zero-order valence-electron chi connectivity index (χ0n) is 10.2. The molecule has 0 bridgehead atoms. The predicted molar refractivity (Wildman–Crippen MR) is 64.9 cm³/mol. The van der Waals surface area contributed by atoms with E-state index in [1.807, 2.05) is 0 Å². The van der Waals surface area contributed by atoms with Crippen molar-refractivity contribution in [2.24, 2.45) is 5.73 Å². The van der Waals surface area contributed by atoms with Crippen LogP contribution in [0.15, 0.2) is 11.4 Å². The lowest BCUT2D eigenvalue weighted by molar-refractivity contribution is -0.142. The zero-order valence-corrected chi connectivity index (χ0v) is 10.2. The summed E-state index contributed by atoms with van der Waals surface area (Å²) in [6.45, 7) is 3.38. The maximum atomic E-state index is 13.4. The Labute approximate surface area is 100 Å². The summed E-state index contributed by atoms with van der Waals surface area (Å²) in [4.78, 5) is 10.7. The number of carbonyl (C=O) groups is 1. The van der Waals surface area contributed by atoms with Gasteiger partial charge in [-0.3, -0.25) is 4.79 Å². The van der Waals surface area contributed by atoms with Gasteiger partial charge in [0.1, 0.15) is 11.4 Å². The van der Waals surface area contributed by atoms with E-state index in [0.717, 1.165) is 6.21 Å². The third-order valence-electron chi connectivity index (χ3n) is 2.50. The van der Waals surface area contributed by atoms with Gasteiger partial charge in [0.15, 0.2) is 0 Å². The lowest BCUT2D eigenvalue weighted by Crippen LogP contribution is -2.44. The molecule has 0 aromatic carbocycles. The first-order valence-corrected chi connectivity index (χ1v) is 5.37. The van der Waals surface area contributed by atoms with Crippen molar-refractivity contribution < 1.29 is 14.3 Å². The van der Waals surface area contributed by atoms with Crippen molar-refractivity contribution >= 4 is 12.2 Å². The second-order valence-corrected chi connectivity index (χ2v) is 4.24. The summed E-state index contributed by atoms with van der Waals surface area (Å²) in [5.41, 5.74) is 4.70. The third-order valence-corrected chi connectivity index (χ3v) is 2.50. The van der Waals surface area contributed by atoms with Gasteiger partial charge >= 0.3 is 5.97 Å². The molecular formula is C11H20FN3O2. The summed E-state index contributed by atoms with van der Waals surface area (Å²) >= 11 is 0. The summed E-state index contributed by atoms with van der Waals surface area (Å²) in [5.74, 6) is -1.42. The molecule has 0 aromatic heterocycles. The van der Waals surface area contributed by atoms with Gasteiger partial charge in [-0.15, -0.1) is 0 Å². The maximum absolute atomic E-state index is 13.4. The summed E-state index contributed by atoms with van der Waals surface area (Å²) in [6, 6.07) is 0. The highest BCUT2D eigenvalue weighted by Gasteiger charge is 2.27. The fourth-order valence-electron chi connectivity index (χ4n) is 1.09. The molecule has 0 heterocycles. The Morgan fingerprint density at radius 3 is 2.71 bits per heavy atom. The molecule has 17 heavy (non-hydrogen) atoms. The molecule has 0 amide bonds. The van der Waals surface area contributed by atoms with Crippen LogP contribution in [0.1, 0.15) is 26.7 Å². The molecule has 0 spiro atoms. The van der Waals surface area contributed by atoms with E-state index in [4.69, 9.17) is 16.2 Å². The number of aliphatic carboxylic acids is 1. The van der Waals surface area contributed by atoms with Crippen molar-refractivity contribution in [1.29, 1.82) is 5.41 Å². The van der Waals surface area contributed by atoms with Crippen molar-refractivity contribution in [2.45, 2.75) is 32.2 Å². The van der Waals surface area contributed by atoms with Gasteiger partial charge in [-0.2, -0.15) is 0 Å². The molecule has 0 radical (unpaired) electrons. The SMILES string of the molecule is C/C(CC[C@](C)(N)C(=O)O)=C(\F)CNCC=N. The molecule has 0 aliphatic heterocycles. The van der Waals surface area contributed by atoms with Gasteiger partial charge in [0.25, 0.3) is 0 Å². The highest BCUT2D eigenvalue weighted by atomic mass is 19.1. The van der Waals surface area contributed by atoms with Crippen LogP contribution in [0.2, 0.25) is 0 Å². The van der Waals surface area contributed by atoms with Gasteiger partial charge in [0.05, 0.1) is 0 Å². The summed E-state index contributed by atoms with van der Waals surface area (Å²) < 4.78 is 13.4. The number of rotatable bonds is 8. The van der Waals surface area contributed by atoms with Crippen LogP contribution in [0.5, 0.6) is 0 Å². The molecule has 0 fully saturated rings. The minimum absolute atomic E-state index is 0.0512. The van der Waals surface area contributed by atoms with Gasteiger partial charge in [-0.25, -0.2) is 4.39 Å². The largest absolute Gasteiger partial charge is 0.480 e. The van der Waals surface area contributed by atoms with Crippen molar-refractivity contribution in [2.75, 3.05) is 13.1 Å². The molecule has 1 atom stereocenters. The minimum atomic E-state index is -1.33. The molecule has 0 rings (SSSR count). The average molecular weight is 245 g/mol. The Hall–Kier alpha value is -1.27. The summed E-state index contributed by atoms with van der Waals surface area (Å²) in [6.07, 6.45) is 1.63. The van der Waals surface area contributed by atoms with Gasteiger partial charge in [-0.05, 0) is 32.3 Å². The molecule has 0 saturated heterocycles. The van der Waals surface area contributed by atoms with Crippen molar-refractivity contribution in [3.63, 3.8) is 0 Å². The predicted octanol–water partition coefficient (Wildman–Crippen LogP) is 1.05. The Bertz CT molecular complexity index is 314. The van der Waals surface area contributed by atoms with Crippen LogP contribution in [0.25, 0.3) is 0 Å². The maximum Gasteiger partial charge on any atom is 0.323 e. The van der Waals surface area contributed by atoms with Crippen LogP contribution in [0.4, 0.5) is 4.39 Å². The number of nitrogens with two attached hydrogens (primary N) is 1.